The number of thiocarbonyl (C=S) groups is 1. The molecule has 0 bridgehead atoms. The van der Waals surface area contributed by atoms with Crippen molar-refractivity contribution in [1.29, 1.82) is 5.26 Å². The zero-order chi connectivity index (χ0) is 10.0. The average molecular weight is 192 g/mol. The first-order valence-electron chi connectivity index (χ1n) is 3.63. The molecule has 1 amide bonds. The maximum atomic E-state index is 11.2. The molecule has 0 radical (unpaired) electrons. The Morgan fingerprint density at radius 2 is 2.31 bits per heavy atom. The normalized spacial score (nSPS) is 27.5. The van der Waals surface area contributed by atoms with Crippen molar-refractivity contribution in [2.24, 2.45) is 11.8 Å². The zero-order valence-electron chi connectivity index (χ0n) is 6.87. The smallest absolute Gasteiger partial charge is 0.243 e. The van der Waals surface area contributed by atoms with Crippen LogP contribution in [-0.4, -0.2) is 16.8 Å². The first kappa shape index (κ1) is 9.59. The van der Waals surface area contributed by atoms with Gasteiger partial charge in [0.2, 0.25) is 5.91 Å². The van der Waals surface area contributed by atoms with Gasteiger partial charge in [0.15, 0.2) is 0 Å². The van der Waals surface area contributed by atoms with Crippen LogP contribution in [0.15, 0.2) is 5.57 Å². The SMILES string of the molecule is CC1C(=C=[N-])C(=S)NC(=O)C1C#N. The molecule has 1 aliphatic heterocycles. The van der Waals surface area contributed by atoms with Crippen LogP contribution in [0.5, 0.6) is 0 Å². The lowest BCUT2D eigenvalue weighted by molar-refractivity contribution is -0.123. The fraction of sp³-hybridized carbons (Fsp3) is 0.375. The molecule has 0 aromatic rings. The van der Waals surface area contributed by atoms with E-state index >= 15 is 0 Å². The Bertz CT molecular complexity index is 362. The van der Waals surface area contributed by atoms with Gasteiger partial charge in [-0.2, -0.15) is 5.26 Å². The van der Waals surface area contributed by atoms with E-state index in [2.05, 4.69) is 5.32 Å². The summed E-state index contributed by atoms with van der Waals surface area (Å²) in [5.41, 5.74) is 0.307. The van der Waals surface area contributed by atoms with E-state index in [0.717, 1.165) is 0 Å². The first-order chi connectivity index (χ1) is 6.11. The minimum Gasteiger partial charge on any atom is -0.763 e. The van der Waals surface area contributed by atoms with Crippen molar-refractivity contribution < 1.29 is 4.79 Å². The summed E-state index contributed by atoms with van der Waals surface area (Å²) < 4.78 is 0. The number of piperidine rings is 1. The number of amides is 1. The third-order valence-electron chi connectivity index (χ3n) is 1.98. The molecular formula is C8H6N3OS-. The van der Waals surface area contributed by atoms with Gasteiger partial charge in [0.05, 0.1) is 6.07 Å². The highest BCUT2D eigenvalue weighted by atomic mass is 32.1. The summed E-state index contributed by atoms with van der Waals surface area (Å²) in [6.45, 7) is 1.65. The number of nitriles is 1. The number of nitrogens with one attached hydrogen (secondary N) is 1. The molecule has 1 heterocycles. The highest BCUT2D eigenvalue weighted by molar-refractivity contribution is 7.80. The van der Waals surface area contributed by atoms with Gasteiger partial charge in [-0.1, -0.05) is 19.1 Å². The lowest BCUT2D eigenvalue weighted by Gasteiger charge is -2.26. The summed E-state index contributed by atoms with van der Waals surface area (Å²) in [4.78, 5) is 11.3. The van der Waals surface area contributed by atoms with Gasteiger partial charge in [-0.25, -0.2) is 0 Å². The predicted molar refractivity (Wildman–Crippen MR) is 50.9 cm³/mol. The number of carbonyl (C=O) groups excluding carboxylic acids is 1. The van der Waals surface area contributed by atoms with Crippen molar-refractivity contribution in [2.45, 2.75) is 6.92 Å². The fourth-order valence-electron chi connectivity index (χ4n) is 1.18. The second kappa shape index (κ2) is 3.48. The van der Waals surface area contributed by atoms with E-state index < -0.39 is 17.7 Å². The van der Waals surface area contributed by atoms with Crippen LogP contribution in [0.25, 0.3) is 5.41 Å². The molecule has 0 spiro atoms. The molecule has 0 aromatic heterocycles. The molecule has 1 N–H and O–H groups in total. The molecule has 0 aromatic carbocycles. The van der Waals surface area contributed by atoms with E-state index in [1.807, 2.05) is 11.9 Å². The van der Waals surface area contributed by atoms with Gasteiger partial charge in [0.25, 0.3) is 0 Å². The summed E-state index contributed by atoms with van der Waals surface area (Å²) in [6, 6.07) is 1.84. The van der Waals surface area contributed by atoms with Gasteiger partial charge < -0.3 is 10.7 Å². The third-order valence-corrected chi connectivity index (χ3v) is 2.30. The fourth-order valence-corrected chi connectivity index (χ4v) is 1.51. The maximum absolute atomic E-state index is 11.2. The van der Waals surface area contributed by atoms with E-state index in [0.29, 0.717) is 5.57 Å². The molecular weight excluding hydrogens is 186 g/mol. The maximum Gasteiger partial charge on any atom is 0.243 e. The second-order valence-electron chi connectivity index (χ2n) is 2.74. The van der Waals surface area contributed by atoms with Crippen LogP contribution in [0.1, 0.15) is 6.92 Å². The molecule has 0 aliphatic carbocycles. The van der Waals surface area contributed by atoms with Crippen molar-refractivity contribution in [1.82, 2.24) is 5.32 Å². The van der Waals surface area contributed by atoms with Gasteiger partial charge in [-0.15, -0.1) is 0 Å². The summed E-state index contributed by atoms with van der Waals surface area (Å²) in [7, 11) is 0. The average Bonchev–Trinajstić information content (AvgIpc) is 2.04. The number of hydrogen-bond donors (Lipinski definition) is 1. The van der Waals surface area contributed by atoms with Crippen LogP contribution >= 0.6 is 12.2 Å². The van der Waals surface area contributed by atoms with Crippen molar-refractivity contribution in [2.75, 3.05) is 0 Å². The Hall–Kier alpha value is -1.50. The summed E-state index contributed by atoms with van der Waals surface area (Å²) >= 11 is 4.78. The van der Waals surface area contributed by atoms with Crippen molar-refractivity contribution in [3.63, 3.8) is 0 Å². The molecule has 1 rings (SSSR count). The largest absolute Gasteiger partial charge is 0.763 e. The highest BCUT2D eigenvalue weighted by Crippen LogP contribution is 2.23. The van der Waals surface area contributed by atoms with E-state index in [9.17, 15) is 4.79 Å². The molecule has 2 atom stereocenters. The van der Waals surface area contributed by atoms with E-state index in [4.69, 9.17) is 22.9 Å². The van der Waals surface area contributed by atoms with Gasteiger partial charge >= 0.3 is 0 Å². The molecule has 1 aliphatic rings. The van der Waals surface area contributed by atoms with Gasteiger partial charge in [0, 0.05) is 11.5 Å². The Morgan fingerprint density at radius 1 is 1.69 bits per heavy atom. The first-order valence-corrected chi connectivity index (χ1v) is 4.04. The Labute approximate surface area is 80.7 Å². The van der Waals surface area contributed by atoms with Crippen LogP contribution in [0.2, 0.25) is 0 Å². The summed E-state index contributed by atoms with van der Waals surface area (Å²) in [5.74, 6) is 0.270. The van der Waals surface area contributed by atoms with Gasteiger partial charge in [-0.3, -0.25) is 10.7 Å². The standard InChI is InChI=1S/C8H6N3OS/c1-4-5(2-9)7(12)11-8(13)6(4)3-10/h4-5H,1H3,(H,11,12,13)/q-1. The number of hydrogen-bond acceptors (Lipinski definition) is 3. The lowest BCUT2D eigenvalue weighted by atomic mass is 9.85. The molecule has 0 saturated carbocycles. The van der Waals surface area contributed by atoms with Gasteiger partial charge in [0.1, 0.15) is 10.9 Å². The van der Waals surface area contributed by atoms with Crippen LogP contribution < -0.4 is 5.32 Å². The Morgan fingerprint density at radius 3 is 2.77 bits per heavy atom. The van der Waals surface area contributed by atoms with Crippen LogP contribution in [-0.2, 0) is 4.79 Å². The number of nitrogens with zero attached hydrogens (tertiary/aromatic N) is 2. The van der Waals surface area contributed by atoms with E-state index in [1.54, 1.807) is 6.92 Å². The minimum absolute atomic E-state index is 0.145. The molecule has 66 valence electrons. The molecule has 1 saturated heterocycles. The lowest BCUT2D eigenvalue weighted by Crippen LogP contribution is -2.45. The molecule has 4 nitrogen and oxygen atoms in total. The topological polar surface area (TPSA) is 75.2 Å². The van der Waals surface area contributed by atoms with Crippen LogP contribution in [0.4, 0.5) is 0 Å². The van der Waals surface area contributed by atoms with E-state index in [1.165, 1.54) is 0 Å². The number of carbonyl (C=O) groups is 1. The van der Waals surface area contributed by atoms with Gasteiger partial charge in [-0.05, 0) is 0 Å². The second-order valence-corrected chi connectivity index (χ2v) is 3.15. The monoisotopic (exact) mass is 192 g/mol. The third kappa shape index (κ3) is 1.50. The Kier molecular flexibility index (Phi) is 2.57. The quantitative estimate of drug-likeness (QED) is 0.342. The molecule has 5 heteroatoms. The van der Waals surface area contributed by atoms with Crippen LogP contribution in [0, 0.1) is 23.2 Å². The Balaban J connectivity index is 3.10. The summed E-state index contributed by atoms with van der Waals surface area (Å²) in [5, 5.41) is 19.7. The van der Waals surface area contributed by atoms with Crippen molar-refractivity contribution in [3.05, 3.63) is 11.0 Å². The highest BCUT2D eigenvalue weighted by Gasteiger charge is 2.34. The predicted octanol–water partition coefficient (Wildman–Crippen LogP) is 0.385. The van der Waals surface area contributed by atoms with Crippen molar-refractivity contribution in [3.8, 4) is 6.07 Å². The molecule has 2 unspecified atom stereocenters. The summed E-state index contributed by atoms with van der Waals surface area (Å²) in [6.07, 6.45) is 0. The number of rotatable bonds is 0. The molecule has 13 heavy (non-hydrogen) atoms. The molecule has 1 fully saturated rings. The van der Waals surface area contributed by atoms with Crippen LogP contribution in [0.3, 0.4) is 0 Å². The van der Waals surface area contributed by atoms with Crippen molar-refractivity contribution >= 4 is 29.0 Å². The zero-order valence-corrected chi connectivity index (χ0v) is 7.68. The van der Waals surface area contributed by atoms with E-state index in [-0.39, 0.29) is 4.99 Å². The minimum atomic E-state index is -0.804.